The molecule has 1 aromatic heterocycles. The van der Waals surface area contributed by atoms with E-state index < -0.39 is 0 Å². The number of carbonyl (C=O) groups excluding carboxylic acids is 1. The van der Waals surface area contributed by atoms with Gasteiger partial charge in [0.2, 0.25) is 5.91 Å². The molecule has 1 heterocycles. The zero-order valence-corrected chi connectivity index (χ0v) is 20.7. The van der Waals surface area contributed by atoms with Crippen LogP contribution in [-0.4, -0.2) is 26.4 Å². The summed E-state index contributed by atoms with van der Waals surface area (Å²) in [5, 5.41) is 13.0. The minimum Gasteiger partial charge on any atom is -0.351 e. The van der Waals surface area contributed by atoms with Gasteiger partial charge in [0.15, 0.2) is 11.0 Å². The molecule has 174 valence electrons. The molecule has 0 aliphatic heterocycles. The van der Waals surface area contributed by atoms with Gasteiger partial charge in [0, 0.05) is 18.2 Å². The number of amides is 1. The van der Waals surface area contributed by atoms with Gasteiger partial charge in [-0.25, -0.2) is 0 Å². The van der Waals surface area contributed by atoms with Crippen LogP contribution in [0.1, 0.15) is 70.0 Å². The molecule has 0 radical (unpaired) electrons. The van der Waals surface area contributed by atoms with Crippen molar-refractivity contribution in [3.05, 3.63) is 65.7 Å². The van der Waals surface area contributed by atoms with E-state index in [4.69, 9.17) is 0 Å². The second-order valence-electron chi connectivity index (χ2n) is 9.85. The summed E-state index contributed by atoms with van der Waals surface area (Å²) in [5.74, 6) is 1.26. The van der Waals surface area contributed by atoms with Crippen LogP contribution in [-0.2, 0) is 16.8 Å². The third kappa shape index (κ3) is 6.05. The van der Waals surface area contributed by atoms with E-state index in [1.165, 1.54) is 36.6 Å². The normalized spacial score (nSPS) is 14.9. The maximum atomic E-state index is 12.5. The third-order valence-corrected chi connectivity index (χ3v) is 7.22. The minimum absolute atomic E-state index is 0.0122. The van der Waals surface area contributed by atoms with Gasteiger partial charge in [0.05, 0.1) is 5.75 Å². The minimum atomic E-state index is 0.0122. The highest BCUT2D eigenvalue weighted by Gasteiger charge is 2.24. The van der Waals surface area contributed by atoms with E-state index in [2.05, 4.69) is 65.1 Å². The molecule has 0 spiro atoms. The Morgan fingerprint density at radius 1 is 1.00 bits per heavy atom. The van der Waals surface area contributed by atoms with Gasteiger partial charge >= 0.3 is 0 Å². The Balaban J connectivity index is 1.50. The largest absolute Gasteiger partial charge is 0.351 e. The highest BCUT2D eigenvalue weighted by atomic mass is 32.2. The lowest BCUT2D eigenvalue weighted by atomic mass is 9.86. The number of aromatic nitrogens is 3. The lowest BCUT2D eigenvalue weighted by Gasteiger charge is -2.26. The quantitative estimate of drug-likeness (QED) is 0.427. The molecule has 6 heteroatoms. The van der Waals surface area contributed by atoms with E-state index >= 15 is 0 Å². The summed E-state index contributed by atoms with van der Waals surface area (Å²) in [6.45, 7) is 7.22. The molecule has 0 atom stereocenters. The number of thioether (sulfide) groups is 1. The van der Waals surface area contributed by atoms with E-state index in [-0.39, 0.29) is 11.3 Å². The molecule has 5 nitrogen and oxygen atoms in total. The van der Waals surface area contributed by atoms with Crippen molar-refractivity contribution in [2.24, 2.45) is 0 Å². The first-order chi connectivity index (χ1) is 15.9. The fourth-order valence-electron chi connectivity index (χ4n) is 4.34. The van der Waals surface area contributed by atoms with Gasteiger partial charge < -0.3 is 5.32 Å². The van der Waals surface area contributed by atoms with Crippen molar-refractivity contribution < 1.29 is 4.79 Å². The summed E-state index contributed by atoms with van der Waals surface area (Å²) >= 11 is 1.48. The molecule has 1 fully saturated rings. The molecule has 33 heavy (non-hydrogen) atoms. The molecule has 1 N–H and O–H groups in total. The maximum absolute atomic E-state index is 12.5. The van der Waals surface area contributed by atoms with Crippen LogP contribution in [0.25, 0.3) is 11.4 Å². The Morgan fingerprint density at radius 2 is 1.70 bits per heavy atom. The number of nitrogens with one attached hydrogen (secondary N) is 1. The predicted octanol–water partition coefficient (Wildman–Crippen LogP) is 6.16. The fraction of sp³-hybridized carbons (Fsp3) is 0.444. The molecular formula is C27H34N4OS. The molecule has 2 aromatic carbocycles. The van der Waals surface area contributed by atoms with Crippen LogP contribution in [0.4, 0.5) is 0 Å². The van der Waals surface area contributed by atoms with Crippen molar-refractivity contribution in [1.29, 1.82) is 0 Å². The van der Waals surface area contributed by atoms with Gasteiger partial charge in [-0.05, 0) is 29.4 Å². The van der Waals surface area contributed by atoms with Gasteiger partial charge in [-0.3, -0.25) is 9.36 Å². The Hall–Kier alpha value is -2.60. The van der Waals surface area contributed by atoms with E-state index in [0.29, 0.717) is 18.3 Å². The molecule has 1 saturated carbocycles. The topological polar surface area (TPSA) is 59.8 Å². The van der Waals surface area contributed by atoms with Gasteiger partial charge in [-0.1, -0.05) is 106 Å². The monoisotopic (exact) mass is 462 g/mol. The Labute approximate surface area is 201 Å². The molecule has 1 amide bonds. The van der Waals surface area contributed by atoms with E-state index in [1.54, 1.807) is 0 Å². The summed E-state index contributed by atoms with van der Waals surface area (Å²) in [7, 11) is 0. The number of benzene rings is 2. The average Bonchev–Trinajstić information content (AvgIpc) is 3.26. The van der Waals surface area contributed by atoms with E-state index in [9.17, 15) is 4.79 Å². The van der Waals surface area contributed by atoms with Crippen molar-refractivity contribution in [3.8, 4) is 11.4 Å². The molecular weight excluding hydrogens is 428 g/mol. The van der Waals surface area contributed by atoms with Gasteiger partial charge in [-0.15, -0.1) is 10.2 Å². The molecule has 1 aliphatic rings. The Bertz CT molecular complexity index is 1050. The van der Waals surface area contributed by atoms with Crippen molar-refractivity contribution in [3.63, 3.8) is 0 Å². The first-order valence-electron chi connectivity index (χ1n) is 11.9. The van der Waals surface area contributed by atoms with Crippen molar-refractivity contribution >= 4 is 17.7 Å². The molecule has 4 rings (SSSR count). The summed E-state index contributed by atoms with van der Waals surface area (Å²) in [6.07, 6.45) is 6.02. The van der Waals surface area contributed by atoms with Crippen LogP contribution >= 0.6 is 11.8 Å². The van der Waals surface area contributed by atoms with Gasteiger partial charge in [0.25, 0.3) is 0 Å². The molecule has 3 aromatic rings. The van der Waals surface area contributed by atoms with E-state index in [0.717, 1.165) is 34.9 Å². The standard InChI is InChI=1S/C27H34N4OS/c1-27(2,3)22-16-14-21(15-17-22)25-29-30-26(31(25)23-12-8-5-9-13-23)33-19-24(32)28-18-20-10-6-4-7-11-20/h4,6-7,10-11,14-17,23H,5,8-9,12-13,18-19H2,1-3H3,(H,28,32). The van der Waals surface area contributed by atoms with E-state index in [1.807, 2.05) is 30.3 Å². The second-order valence-corrected chi connectivity index (χ2v) is 10.8. The molecule has 0 saturated heterocycles. The molecule has 0 bridgehead atoms. The highest BCUT2D eigenvalue weighted by Crippen LogP contribution is 2.36. The number of hydrogen-bond acceptors (Lipinski definition) is 4. The van der Waals surface area contributed by atoms with Crippen molar-refractivity contribution in [2.45, 2.75) is 76.0 Å². The average molecular weight is 463 g/mol. The van der Waals surface area contributed by atoms with Crippen LogP contribution in [0, 0.1) is 0 Å². The van der Waals surface area contributed by atoms with Crippen LogP contribution < -0.4 is 5.32 Å². The lowest BCUT2D eigenvalue weighted by molar-refractivity contribution is -0.118. The fourth-order valence-corrected chi connectivity index (χ4v) is 5.17. The predicted molar refractivity (Wildman–Crippen MR) is 135 cm³/mol. The van der Waals surface area contributed by atoms with Crippen molar-refractivity contribution in [1.82, 2.24) is 20.1 Å². The number of hydrogen-bond donors (Lipinski definition) is 1. The van der Waals surface area contributed by atoms with Crippen LogP contribution in [0.3, 0.4) is 0 Å². The molecule has 1 aliphatic carbocycles. The summed E-state index contributed by atoms with van der Waals surface area (Å²) in [5.41, 5.74) is 3.60. The van der Waals surface area contributed by atoms with Crippen LogP contribution in [0.2, 0.25) is 0 Å². The summed E-state index contributed by atoms with van der Waals surface area (Å²) < 4.78 is 2.29. The zero-order chi connectivity index (χ0) is 23.3. The third-order valence-electron chi connectivity index (χ3n) is 6.28. The zero-order valence-electron chi connectivity index (χ0n) is 19.9. The summed E-state index contributed by atoms with van der Waals surface area (Å²) in [6, 6.07) is 19.1. The smallest absolute Gasteiger partial charge is 0.230 e. The van der Waals surface area contributed by atoms with Crippen LogP contribution in [0.15, 0.2) is 59.8 Å². The first-order valence-corrected chi connectivity index (χ1v) is 12.9. The Morgan fingerprint density at radius 3 is 2.36 bits per heavy atom. The number of rotatable bonds is 7. The lowest BCUT2D eigenvalue weighted by Crippen LogP contribution is -2.25. The highest BCUT2D eigenvalue weighted by molar-refractivity contribution is 7.99. The SMILES string of the molecule is CC(C)(C)c1ccc(-c2nnc(SCC(=O)NCc3ccccc3)n2C2CCCCC2)cc1. The van der Waals surface area contributed by atoms with Crippen LogP contribution in [0.5, 0.6) is 0 Å². The summed E-state index contributed by atoms with van der Waals surface area (Å²) in [4.78, 5) is 12.5. The molecule has 0 unspecified atom stereocenters. The number of nitrogens with zero attached hydrogens (tertiary/aromatic N) is 3. The number of carbonyl (C=O) groups is 1. The maximum Gasteiger partial charge on any atom is 0.230 e. The first kappa shape index (κ1) is 23.6. The second kappa shape index (κ2) is 10.6. The van der Waals surface area contributed by atoms with Gasteiger partial charge in [0.1, 0.15) is 0 Å². The van der Waals surface area contributed by atoms with Gasteiger partial charge in [-0.2, -0.15) is 0 Å². The van der Waals surface area contributed by atoms with Crippen molar-refractivity contribution in [2.75, 3.05) is 5.75 Å². The Kier molecular flexibility index (Phi) is 7.53.